The number of hydrogen-bond acceptors (Lipinski definition) is 2. The number of para-hydroxylation sites is 3. The van der Waals surface area contributed by atoms with E-state index in [9.17, 15) is 5.11 Å². The van der Waals surface area contributed by atoms with Crippen molar-refractivity contribution < 1.29 is 5.11 Å². The molecule has 9 aromatic carbocycles. The Morgan fingerprint density at radius 3 is 1.18 bits per heavy atom. The van der Waals surface area contributed by atoms with Crippen LogP contribution in [0.1, 0.15) is 0 Å². The van der Waals surface area contributed by atoms with E-state index in [2.05, 4.69) is 4.57 Å². The predicted octanol–water partition coefficient (Wildman–Crippen LogP) is -7.13. The molecule has 0 fully saturated rings. The highest BCUT2D eigenvalue weighted by Gasteiger charge is 2.28. The van der Waals surface area contributed by atoms with Crippen molar-refractivity contribution in [3.8, 4) is 67.3 Å². The summed E-state index contributed by atoms with van der Waals surface area (Å²) in [5.41, 5.74) is 4.88. The lowest BCUT2D eigenvalue weighted by molar-refractivity contribution is 0.486. The zero-order chi connectivity index (χ0) is 50.8. The fourth-order valence-corrected chi connectivity index (χ4v) is 9.73. The normalized spacial score (nSPS) is 11.5. The summed E-state index contributed by atoms with van der Waals surface area (Å²) in [6, 6.07) is 30.2. The Morgan fingerprint density at radius 1 is 0.310 bits per heavy atom. The molecule has 0 saturated heterocycles. The van der Waals surface area contributed by atoms with Crippen LogP contribution in [0.3, 0.4) is 0 Å². The number of hydrogen-bond donors (Lipinski definition) is 1. The predicted molar refractivity (Wildman–Crippen MR) is 317 cm³/mol. The Balaban J connectivity index is 1.40. The number of aromatic hydroxyl groups is 1. The zero-order valence-electron chi connectivity index (χ0n) is 37.9. The summed E-state index contributed by atoms with van der Waals surface area (Å²) in [5.74, 6) is 0.154. The molecule has 0 spiro atoms. The summed E-state index contributed by atoms with van der Waals surface area (Å²) in [6.07, 6.45) is 0. The third-order valence-electron chi connectivity index (χ3n) is 13.4. The SMILES string of the molecule is [B]c1c([B])c([B])c(-c2cc(-c3c([B])c([B])c([B])c([B])c3[B])cc(-c3c4c([B])c([B])c([B])c([B])c4c(-c4cccc(-c5nc6ccccc6n5-c5ccccc5)c4)c4c([B])c([B])c([B])c(O)c34)c2)c([B])c1[B]. The monoisotopic (exact) mass is 860 g/mol. The van der Waals surface area contributed by atoms with Crippen molar-refractivity contribution in [1.82, 2.24) is 9.55 Å². The van der Waals surface area contributed by atoms with Crippen LogP contribution < -0.4 is 92.9 Å². The zero-order valence-corrected chi connectivity index (χ0v) is 37.9. The number of phenols is 1. The molecule has 0 aliphatic heterocycles. The van der Waals surface area contributed by atoms with Gasteiger partial charge in [-0.25, -0.2) is 4.98 Å². The molecular formula is C51H17B17N2O. The van der Waals surface area contributed by atoms with Crippen molar-refractivity contribution >= 4 is 259 Å². The van der Waals surface area contributed by atoms with E-state index in [0.717, 1.165) is 16.7 Å². The lowest BCUT2D eigenvalue weighted by Gasteiger charge is -2.29. The quantitative estimate of drug-likeness (QED) is 0.134. The molecule has 0 aliphatic rings. The molecule has 3 nitrogen and oxygen atoms in total. The Labute approximate surface area is 435 Å². The molecule has 34 radical (unpaired) electrons. The van der Waals surface area contributed by atoms with E-state index in [-0.39, 0.29) is 137 Å². The topological polar surface area (TPSA) is 38.0 Å². The molecule has 0 aliphatic carbocycles. The number of benzene rings is 9. The summed E-state index contributed by atoms with van der Waals surface area (Å²) in [4.78, 5) is 5.11. The van der Waals surface area contributed by atoms with Gasteiger partial charge in [-0.2, -0.15) is 0 Å². The molecule has 0 saturated carbocycles. The second-order valence-electron chi connectivity index (χ2n) is 17.4. The van der Waals surface area contributed by atoms with Gasteiger partial charge in [-0.15, -0.1) is 49.2 Å². The Morgan fingerprint density at radius 2 is 0.676 bits per heavy atom. The number of nitrogens with zero attached hydrogens (tertiary/aromatic N) is 2. The highest BCUT2D eigenvalue weighted by molar-refractivity contribution is 6.72. The second kappa shape index (κ2) is 17.9. The van der Waals surface area contributed by atoms with Crippen LogP contribution in [0, 0.1) is 0 Å². The molecule has 10 aromatic rings. The first-order valence-electron chi connectivity index (χ1n) is 21.8. The largest absolute Gasteiger partial charge is 0.508 e. The van der Waals surface area contributed by atoms with Gasteiger partial charge in [-0.1, -0.05) is 92.2 Å². The molecule has 1 heterocycles. The number of imidazole rings is 1. The standard InChI is InChI=1S/C51H17B17N2O/c52-33-27(34(53)41(60)47(66)40(33)59)20-14-19(15-21(16-20)28-35(54)42(61)48(67)43(62)36(28)55)26-30-29(37(56)44(63)45(64)38(30)57)25(31-32(26)50(71)49(68)46(65)39(31)58)17-7-6-8-18(13-17)51-69-23-11-4-5-12-24(23)70(51)22-9-2-1-3-10-22/h1-16,71H. The maximum Gasteiger partial charge on any atom is 0.145 e. The molecule has 10 rings (SSSR count). The molecule has 1 aromatic heterocycles. The Hall–Kier alpha value is -6.13. The van der Waals surface area contributed by atoms with Crippen LogP contribution in [0.25, 0.3) is 94.2 Å². The molecule has 71 heavy (non-hydrogen) atoms. The van der Waals surface area contributed by atoms with Gasteiger partial charge in [0.25, 0.3) is 0 Å². The van der Waals surface area contributed by atoms with E-state index in [4.69, 9.17) is 138 Å². The molecule has 1 N–H and O–H groups in total. The second-order valence-corrected chi connectivity index (χ2v) is 17.4. The van der Waals surface area contributed by atoms with Gasteiger partial charge >= 0.3 is 0 Å². The fraction of sp³-hybridized carbons (Fsp3) is 0. The van der Waals surface area contributed by atoms with Crippen LogP contribution in [0.5, 0.6) is 5.75 Å². The average molecular weight is 858 g/mol. The van der Waals surface area contributed by atoms with Crippen molar-refractivity contribution in [2.24, 2.45) is 0 Å². The lowest BCUT2D eigenvalue weighted by atomic mass is 9.58. The van der Waals surface area contributed by atoms with E-state index in [1.807, 2.05) is 78.9 Å². The number of aromatic nitrogens is 2. The van der Waals surface area contributed by atoms with Gasteiger partial charge in [0, 0.05) is 22.2 Å². The van der Waals surface area contributed by atoms with Crippen molar-refractivity contribution in [2.75, 3.05) is 0 Å². The molecule has 0 amide bonds. The first kappa shape index (κ1) is 48.5. The molecule has 0 bridgehead atoms. The van der Waals surface area contributed by atoms with Crippen LogP contribution in [0.15, 0.2) is 97.1 Å². The van der Waals surface area contributed by atoms with Gasteiger partial charge < -0.3 is 5.11 Å². The summed E-state index contributed by atoms with van der Waals surface area (Å²) in [5, 5.41) is 13.4. The van der Waals surface area contributed by atoms with Crippen molar-refractivity contribution in [3.63, 3.8) is 0 Å². The highest BCUT2D eigenvalue weighted by atomic mass is 16.3. The molecular weight excluding hydrogens is 840 g/mol. The van der Waals surface area contributed by atoms with Gasteiger partial charge in [0.15, 0.2) is 0 Å². The molecule has 288 valence electrons. The van der Waals surface area contributed by atoms with E-state index < -0.39 is 5.75 Å². The smallest absolute Gasteiger partial charge is 0.145 e. The molecule has 0 unspecified atom stereocenters. The van der Waals surface area contributed by atoms with E-state index in [1.54, 1.807) is 18.2 Å². The highest BCUT2D eigenvalue weighted by Crippen LogP contribution is 2.46. The lowest BCUT2D eigenvalue weighted by Crippen LogP contribution is -2.55. The fourth-order valence-electron chi connectivity index (χ4n) is 9.73. The molecule has 20 heteroatoms. The summed E-state index contributed by atoms with van der Waals surface area (Å²) in [7, 11) is 114. The van der Waals surface area contributed by atoms with Gasteiger partial charge in [0.1, 0.15) is 145 Å². The van der Waals surface area contributed by atoms with E-state index in [0.29, 0.717) is 33.6 Å². The van der Waals surface area contributed by atoms with Crippen LogP contribution in [0.2, 0.25) is 0 Å². The van der Waals surface area contributed by atoms with Crippen LogP contribution >= 0.6 is 0 Å². The van der Waals surface area contributed by atoms with Crippen molar-refractivity contribution in [1.29, 1.82) is 0 Å². The number of fused-ring (bicyclic) bond motifs is 3. The minimum Gasteiger partial charge on any atom is -0.508 e. The maximum absolute atomic E-state index is 12.6. The van der Waals surface area contributed by atoms with E-state index in [1.165, 1.54) is 0 Å². The minimum absolute atomic E-state index is 0.00907. The van der Waals surface area contributed by atoms with Gasteiger partial charge in [0.2, 0.25) is 0 Å². The van der Waals surface area contributed by atoms with Crippen LogP contribution in [-0.4, -0.2) is 148 Å². The Kier molecular flexibility index (Phi) is 12.2. The third kappa shape index (κ3) is 7.31. The van der Waals surface area contributed by atoms with E-state index >= 15 is 0 Å². The van der Waals surface area contributed by atoms with Crippen LogP contribution in [-0.2, 0) is 0 Å². The van der Waals surface area contributed by atoms with Crippen molar-refractivity contribution in [3.05, 3.63) is 97.1 Å². The number of phenolic OH excluding ortho intramolecular Hbond substituents is 1. The minimum atomic E-state index is -0.466. The third-order valence-corrected chi connectivity index (χ3v) is 13.4. The number of rotatable bonds is 6. The summed E-state index contributed by atoms with van der Waals surface area (Å²) in [6.45, 7) is 0. The molecule has 0 atom stereocenters. The summed E-state index contributed by atoms with van der Waals surface area (Å²) >= 11 is 0. The average Bonchev–Trinajstić information content (AvgIpc) is 3.77. The van der Waals surface area contributed by atoms with Crippen LogP contribution in [0.4, 0.5) is 0 Å². The van der Waals surface area contributed by atoms with Crippen molar-refractivity contribution in [2.45, 2.75) is 0 Å². The van der Waals surface area contributed by atoms with Gasteiger partial charge in [-0.3, -0.25) is 4.57 Å². The van der Waals surface area contributed by atoms with Gasteiger partial charge in [-0.05, 0) is 104 Å². The Bertz CT molecular complexity index is 3760. The first-order valence-corrected chi connectivity index (χ1v) is 21.8. The maximum atomic E-state index is 12.6. The first-order chi connectivity index (χ1) is 33.8. The summed E-state index contributed by atoms with van der Waals surface area (Å²) < 4.78 is 2.06. The van der Waals surface area contributed by atoms with Gasteiger partial charge in [0.05, 0.1) is 11.0 Å².